The number of anilines is 1. The Morgan fingerprint density at radius 3 is 2.46 bits per heavy atom. The Bertz CT molecular complexity index is 875. The van der Waals surface area contributed by atoms with Gasteiger partial charge in [0.1, 0.15) is 11.6 Å². The molecule has 0 aromatic heterocycles. The molecule has 0 radical (unpaired) electrons. The average molecular weight is 348 g/mol. The number of ether oxygens (including phenoxy) is 2. The molecule has 0 fully saturated rings. The fourth-order valence-corrected chi connectivity index (χ4v) is 2.88. The molecule has 0 spiro atoms. The summed E-state index contributed by atoms with van der Waals surface area (Å²) in [5, 5.41) is 9.43. The van der Waals surface area contributed by atoms with Gasteiger partial charge >= 0.3 is 0 Å². The molecule has 0 bridgehead atoms. The first-order valence-corrected chi connectivity index (χ1v) is 8.57. The van der Waals surface area contributed by atoms with Crippen molar-refractivity contribution in [3.05, 3.63) is 59.2 Å². The van der Waals surface area contributed by atoms with Crippen molar-refractivity contribution < 1.29 is 14.3 Å². The van der Waals surface area contributed by atoms with Crippen LogP contribution in [0.25, 0.3) is 6.08 Å². The van der Waals surface area contributed by atoms with Crippen molar-refractivity contribution in [2.45, 2.75) is 13.8 Å². The van der Waals surface area contributed by atoms with Crippen molar-refractivity contribution in [2.24, 2.45) is 0 Å². The van der Waals surface area contributed by atoms with Crippen LogP contribution >= 0.6 is 0 Å². The van der Waals surface area contributed by atoms with Crippen LogP contribution in [0.3, 0.4) is 0 Å². The predicted octanol–water partition coefficient (Wildman–Crippen LogP) is 4.05. The summed E-state index contributed by atoms with van der Waals surface area (Å²) < 4.78 is 10.5. The number of hydrogen-bond donors (Lipinski definition) is 0. The lowest BCUT2D eigenvalue weighted by atomic mass is 10.0. The smallest absolute Gasteiger partial charge is 0.231 e. The van der Waals surface area contributed by atoms with Gasteiger partial charge in [0.15, 0.2) is 11.5 Å². The van der Waals surface area contributed by atoms with Crippen LogP contribution < -0.4 is 14.4 Å². The zero-order valence-electron chi connectivity index (χ0n) is 14.9. The number of allylic oxidation sites excluding steroid dienone is 1. The molecule has 0 aliphatic carbocycles. The Labute approximate surface area is 153 Å². The lowest BCUT2D eigenvalue weighted by Crippen LogP contribution is -2.21. The second kappa shape index (κ2) is 7.75. The van der Waals surface area contributed by atoms with E-state index in [0.717, 1.165) is 24.3 Å². The number of carbonyl (C=O) groups excluding carboxylic acids is 1. The zero-order valence-corrected chi connectivity index (χ0v) is 14.9. The molecule has 1 heterocycles. The fraction of sp³-hybridized carbons (Fsp3) is 0.238. The lowest BCUT2D eigenvalue weighted by Gasteiger charge is -2.20. The van der Waals surface area contributed by atoms with E-state index in [9.17, 15) is 10.1 Å². The maximum atomic E-state index is 12.7. The van der Waals surface area contributed by atoms with Crippen LogP contribution in [0.4, 0.5) is 5.69 Å². The quantitative estimate of drug-likeness (QED) is 0.448. The summed E-state index contributed by atoms with van der Waals surface area (Å²) in [6.07, 6.45) is 1.61. The van der Waals surface area contributed by atoms with E-state index in [0.29, 0.717) is 17.1 Å². The molecule has 0 saturated carbocycles. The molecule has 132 valence electrons. The highest BCUT2D eigenvalue weighted by Crippen LogP contribution is 2.33. The molecule has 1 aliphatic rings. The molecule has 0 N–H and O–H groups in total. The maximum absolute atomic E-state index is 12.7. The van der Waals surface area contributed by atoms with E-state index in [1.165, 1.54) is 0 Å². The third kappa shape index (κ3) is 3.55. The van der Waals surface area contributed by atoms with E-state index in [-0.39, 0.29) is 18.1 Å². The number of benzene rings is 2. The Morgan fingerprint density at radius 2 is 1.81 bits per heavy atom. The van der Waals surface area contributed by atoms with Crippen LogP contribution in [0.15, 0.2) is 48.0 Å². The van der Waals surface area contributed by atoms with Gasteiger partial charge in [-0.1, -0.05) is 12.1 Å². The Kier molecular flexibility index (Phi) is 5.23. The highest BCUT2D eigenvalue weighted by Gasteiger charge is 2.18. The summed E-state index contributed by atoms with van der Waals surface area (Å²) in [5.74, 6) is 0.798. The van der Waals surface area contributed by atoms with Crippen LogP contribution in [0, 0.1) is 11.3 Å². The van der Waals surface area contributed by atoms with Gasteiger partial charge < -0.3 is 14.4 Å². The number of carbonyl (C=O) groups is 1. The minimum atomic E-state index is -0.335. The van der Waals surface area contributed by atoms with Crippen molar-refractivity contribution in [1.29, 1.82) is 5.26 Å². The van der Waals surface area contributed by atoms with Gasteiger partial charge in [-0.05, 0) is 55.8 Å². The first-order chi connectivity index (χ1) is 12.7. The predicted molar refractivity (Wildman–Crippen MR) is 100 cm³/mol. The van der Waals surface area contributed by atoms with E-state index in [4.69, 9.17) is 9.47 Å². The number of nitrogens with zero attached hydrogens (tertiary/aromatic N) is 2. The van der Waals surface area contributed by atoms with Crippen LogP contribution in [-0.4, -0.2) is 25.7 Å². The number of rotatable bonds is 6. The maximum Gasteiger partial charge on any atom is 0.231 e. The van der Waals surface area contributed by atoms with Crippen LogP contribution in [0.2, 0.25) is 0 Å². The molecule has 2 aromatic carbocycles. The van der Waals surface area contributed by atoms with Gasteiger partial charge in [-0.25, -0.2) is 0 Å². The molecule has 26 heavy (non-hydrogen) atoms. The molecule has 2 aromatic rings. The summed E-state index contributed by atoms with van der Waals surface area (Å²) in [7, 11) is 0. The van der Waals surface area contributed by atoms with Crippen LogP contribution in [-0.2, 0) is 0 Å². The molecular formula is C21H20N2O3. The highest BCUT2D eigenvalue weighted by molar-refractivity contribution is 6.14. The summed E-state index contributed by atoms with van der Waals surface area (Å²) >= 11 is 0. The van der Waals surface area contributed by atoms with E-state index in [2.05, 4.69) is 18.7 Å². The second-order valence-electron chi connectivity index (χ2n) is 5.83. The minimum Gasteiger partial charge on any atom is -0.454 e. The first-order valence-electron chi connectivity index (χ1n) is 8.57. The summed E-state index contributed by atoms with van der Waals surface area (Å²) in [6.45, 7) is 6.21. The molecule has 1 aliphatic heterocycles. The number of ketones is 1. The summed E-state index contributed by atoms with van der Waals surface area (Å²) in [4.78, 5) is 14.9. The molecule has 3 rings (SSSR count). The van der Waals surface area contributed by atoms with Crippen molar-refractivity contribution >= 4 is 17.5 Å². The van der Waals surface area contributed by atoms with Gasteiger partial charge in [-0.2, -0.15) is 5.26 Å². The topological polar surface area (TPSA) is 62.6 Å². The lowest BCUT2D eigenvalue weighted by molar-refractivity contribution is 0.103. The third-order valence-corrected chi connectivity index (χ3v) is 4.33. The van der Waals surface area contributed by atoms with Gasteiger partial charge in [0.25, 0.3) is 0 Å². The van der Waals surface area contributed by atoms with E-state index in [1.807, 2.05) is 30.3 Å². The standard InChI is InChI=1S/C21H20N2O3/c1-3-23(4-2)18-8-5-15(6-9-18)11-17(13-22)21(24)16-7-10-19-20(12-16)26-14-25-19/h5-12H,3-4,14H2,1-2H3/b17-11-. The summed E-state index contributed by atoms with van der Waals surface area (Å²) in [5.41, 5.74) is 2.42. The number of fused-ring (bicyclic) bond motifs is 1. The molecular weight excluding hydrogens is 328 g/mol. The third-order valence-electron chi connectivity index (χ3n) is 4.33. The number of Topliss-reactive ketones (excluding diaryl/α,β-unsaturated/α-hetero) is 1. The van der Waals surface area contributed by atoms with Crippen molar-refractivity contribution in [3.63, 3.8) is 0 Å². The molecule has 0 saturated heterocycles. The van der Waals surface area contributed by atoms with E-state index >= 15 is 0 Å². The van der Waals surface area contributed by atoms with E-state index < -0.39 is 0 Å². The fourth-order valence-electron chi connectivity index (χ4n) is 2.88. The SMILES string of the molecule is CCN(CC)c1ccc(/C=C(/C#N)C(=O)c2ccc3c(c2)OCO3)cc1. The van der Waals surface area contributed by atoms with Crippen molar-refractivity contribution in [1.82, 2.24) is 0 Å². The summed E-state index contributed by atoms with van der Waals surface area (Å²) in [6, 6.07) is 14.8. The van der Waals surface area contributed by atoms with Gasteiger partial charge in [0, 0.05) is 24.3 Å². The van der Waals surface area contributed by atoms with Gasteiger partial charge in [0.05, 0.1) is 0 Å². The highest BCUT2D eigenvalue weighted by atomic mass is 16.7. The van der Waals surface area contributed by atoms with Gasteiger partial charge in [-0.3, -0.25) is 4.79 Å². The van der Waals surface area contributed by atoms with Gasteiger partial charge in [-0.15, -0.1) is 0 Å². The van der Waals surface area contributed by atoms with Crippen molar-refractivity contribution in [3.8, 4) is 17.6 Å². The largest absolute Gasteiger partial charge is 0.454 e. The van der Waals surface area contributed by atoms with Gasteiger partial charge in [0.2, 0.25) is 12.6 Å². The normalized spacial score (nSPS) is 12.6. The van der Waals surface area contributed by atoms with E-state index in [1.54, 1.807) is 24.3 Å². The van der Waals surface area contributed by atoms with Crippen LogP contribution in [0.5, 0.6) is 11.5 Å². The molecule has 0 amide bonds. The number of hydrogen-bond acceptors (Lipinski definition) is 5. The Hall–Kier alpha value is -3.26. The van der Waals surface area contributed by atoms with Crippen molar-refractivity contribution in [2.75, 3.05) is 24.8 Å². The number of nitriles is 1. The minimum absolute atomic E-state index is 0.0828. The molecule has 0 unspecified atom stereocenters. The van der Waals surface area contributed by atoms with Crippen LogP contribution in [0.1, 0.15) is 29.8 Å². The first kappa shape index (κ1) is 17.6. The molecule has 5 heteroatoms. The molecule has 0 atom stereocenters. The Balaban J connectivity index is 1.84. The second-order valence-corrected chi connectivity index (χ2v) is 5.83. The monoisotopic (exact) mass is 348 g/mol. The Morgan fingerprint density at radius 1 is 1.12 bits per heavy atom. The molecule has 5 nitrogen and oxygen atoms in total. The average Bonchev–Trinajstić information content (AvgIpc) is 3.15. The zero-order chi connectivity index (χ0) is 18.5.